The van der Waals surface area contributed by atoms with Gasteiger partial charge >= 0.3 is 12.1 Å². The van der Waals surface area contributed by atoms with E-state index in [1.807, 2.05) is 18.2 Å². The van der Waals surface area contributed by atoms with Crippen LogP contribution in [0.25, 0.3) is 11.0 Å². The number of nitrogens with zero attached hydrogens (tertiary/aromatic N) is 1. The van der Waals surface area contributed by atoms with Gasteiger partial charge in [-0.05, 0) is 43.2 Å². The minimum atomic E-state index is -2.78. The molecule has 8 nitrogen and oxygen atoms in total. The lowest BCUT2D eigenvalue weighted by Gasteiger charge is -2.33. The molecule has 5 rings (SSSR count). The smallest absolute Gasteiger partial charge is 0.408 e. The molecule has 1 aliphatic heterocycles. The predicted octanol–water partition coefficient (Wildman–Crippen LogP) is 5.63. The molecule has 3 N–H and O–H groups in total. The van der Waals surface area contributed by atoms with Crippen LogP contribution in [0.2, 0.25) is 0 Å². The zero-order valence-corrected chi connectivity index (χ0v) is 21.2. The lowest BCUT2D eigenvalue weighted by Crippen LogP contribution is -2.42. The number of aromatic nitrogens is 2. The lowest BCUT2D eigenvalue weighted by atomic mass is 9.74. The van der Waals surface area contributed by atoms with E-state index in [2.05, 4.69) is 15.3 Å². The third-order valence-corrected chi connectivity index (χ3v) is 7.90. The molecule has 1 saturated carbocycles. The number of carboxylic acids is 1. The van der Waals surface area contributed by atoms with Crippen molar-refractivity contribution in [2.75, 3.05) is 13.2 Å². The number of carbonyl (C=O) groups excluding carboxylic acids is 1. The molecule has 0 spiro atoms. The van der Waals surface area contributed by atoms with Crippen molar-refractivity contribution in [3.63, 3.8) is 0 Å². The number of carbonyl (C=O) groups is 2. The van der Waals surface area contributed by atoms with Gasteiger partial charge in [0.05, 0.1) is 17.0 Å². The summed E-state index contributed by atoms with van der Waals surface area (Å²) >= 11 is 0. The minimum absolute atomic E-state index is 0.0151. The molecule has 2 heterocycles. The number of halogens is 3. The van der Waals surface area contributed by atoms with E-state index in [0.29, 0.717) is 5.52 Å². The Morgan fingerprint density at radius 2 is 1.79 bits per heavy atom. The van der Waals surface area contributed by atoms with Gasteiger partial charge in [-0.25, -0.2) is 22.9 Å². The zero-order valence-electron chi connectivity index (χ0n) is 21.2. The van der Waals surface area contributed by atoms with Crippen molar-refractivity contribution in [2.45, 2.75) is 62.5 Å². The van der Waals surface area contributed by atoms with Gasteiger partial charge in [-0.2, -0.15) is 0 Å². The molecule has 1 saturated heterocycles. The first-order valence-electron chi connectivity index (χ1n) is 13.0. The third-order valence-electron chi connectivity index (χ3n) is 7.90. The summed E-state index contributed by atoms with van der Waals surface area (Å²) in [6.45, 7) is 0.402. The Balaban J connectivity index is 1.45. The van der Waals surface area contributed by atoms with Crippen LogP contribution >= 0.6 is 0 Å². The van der Waals surface area contributed by atoms with E-state index in [1.165, 1.54) is 6.07 Å². The normalized spacial score (nSPS) is 19.9. The summed E-state index contributed by atoms with van der Waals surface area (Å²) < 4.78 is 54.4. The molecule has 1 amide bonds. The van der Waals surface area contributed by atoms with Gasteiger partial charge < -0.3 is 24.9 Å². The summed E-state index contributed by atoms with van der Waals surface area (Å²) in [6.07, 6.45) is -0.929. The monoisotopic (exact) mass is 545 g/mol. The third kappa shape index (κ3) is 5.59. The Morgan fingerprint density at radius 3 is 2.46 bits per heavy atom. The molecule has 11 heteroatoms. The number of nitrogens with one attached hydrogen (secondary N) is 2. The van der Waals surface area contributed by atoms with Crippen LogP contribution in [0.4, 0.5) is 18.0 Å². The molecular weight excluding hydrogens is 515 g/mol. The number of hydrogen-bond acceptors (Lipinski definition) is 5. The zero-order chi connectivity index (χ0) is 27.6. The van der Waals surface area contributed by atoms with Crippen molar-refractivity contribution in [2.24, 2.45) is 5.92 Å². The van der Waals surface area contributed by atoms with Crippen LogP contribution < -0.4 is 5.32 Å². The fraction of sp³-hybridized carbons (Fsp3) is 0.464. The number of fused-ring (bicyclic) bond motifs is 1. The van der Waals surface area contributed by atoms with Crippen molar-refractivity contribution < 1.29 is 37.3 Å². The van der Waals surface area contributed by atoms with E-state index in [1.54, 1.807) is 18.2 Å². The number of hydrogen-bond donors (Lipinski definition) is 3. The van der Waals surface area contributed by atoms with Crippen molar-refractivity contribution in [1.82, 2.24) is 15.3 Å². The molecule has 2 aliphatic rings. The maximum absolute atomic E-state index is 15.9. The number of ether oxygens (including phenoxy) is 2. The van der Waals surface area contributed by atoms with Gasteiger partial charge in [0, 0.05) is 31.6 Å². The highest BCUT2D eigenvalue weighted by atomic mass is 19.3. The highest BCUT2D eigenvalue weighted by molar-refractivity contribution is 5.85. The highest BCUT2D eigenvalue weighted by Gasteiger charge is 2.45. The largest absolute Gasteiger partial charge is 0.481 e. The molecule has 2 aromatic carbocycles. The van der Waals surface area contributed by atoms with Crippen molar-refractivity contribution in [3.05, 3.63) is 65.2 Å². The Hall–Kier alpha value is -3.60. The molecule has 1 unspecified atom stereocenters. The summed E-state index contributed by atoms with van der Waals surface area (Å²) in [5.74, 6) is -4.87. The van der Waals surface area contributed by atoms with E-state index in [-0.39, 0.29) is 75.3 Å². The average molecular weight is 546 g/mol. The van der Waals surface area contributed by atoms with E-state index in [4.69, 9.17) is 9.47 Å². The highest BCUT2D eigenvalue weighted by Crippen LogP contribution is 2.42. The Kier molecular flexibility index (Phi) is 7.53. The minimum Gasteiger partial charge on any atom is -0.481 e. The Morgan fingerprint density at radius 1 is 1.10 bits per heavy atom. The molecule has 0 bridgehead atoms. The van der Waals surface area contributed by atoms with E-state index in [0.717, 1.165) is 5.56 Å². The van der Waals surface area contributed by atoms with Crippen LogP contribution in [0.1, 0.15) is 61.5 Å². The topological polar surface area (TPSA) is 114 Å². The SMILES string of the molecule is O=C(NC(c1nc2c(F)c(C3(C(=O)O)CCOCC3)ccc2[nH]1)C1CCC(F)(F)CC1)OCc1ccccc1. The van der Waals surface area contributed by atoms with Crippen LogP contribution in [0.3, 0.4) is 0 Å². The Labute approximate surface area is 222 Å². The van der Waals surface area contributed by atoms with Crippen LogP contribution in [-0.2, 0) is 26.3 Å². The number of rotatable bonds is 7. The van der Waals surface area contributed by atoms with Crippen LogP contribution in [0, 0.1) is 11.7 Å². The van der Waals surface area contributed by atoms with Crippen molar-refractivity contribution >= 4 is 23.1 Å². The molecule has 39 heavy (non-hydrogen) atoms. The number of alkyl halides is 2. The van der Waals surface area contributed by atoms with Crippen LogP contribution in [0.15, 0.2) is 42.5 Å². The first-order valence-corrected chi connectivity index (χ1v) is 13.0. The first-order chi connectivity index (χ1) is 18.7. The molecule has 2 fully saturated rings. The lowest BCUT2D eigenvalue weighted by molar-refractivity contribution is -0.148. The first kappa shape index (κ1) is 27.0. The second kappa shape index (κ2) is 10.9. The fourth-order valence-corrected chi connectivity index (χ4v) is 5.59. The standard InChI is InChI=1S/C28H30F3N3O5/c29-21-19(27(25(35)36)12-14-38-15-13-27)6-7-20-23(21)33-24(32-20)22(18-8-10-28(30,31)11-9-18)34-26(37)39-16-17-4-2-1-3-5-17/h1-7,18,22H,8-16H2,(H,32,33)(H,34,37)(H,35,36). The number of aliphatic carboxylic acids is 1. The molecule has 208 valence electrons. The van der Waals surface area contributed by atoms with Gasteiger partial charge in [-0.3, -0.25) is 4.79 Å². The number of alkyl carbamates (subject to hydrolysis) is 1. The van der Waals surface area contributed by atoms with Crippen molar-refractivity contribution in [3.8, 4) is 0 Å². The maximum Gasteiger partial charge on any atom is 0.408 e. The number of carboxylic acid groups (broad SMARTS) is 1. The van der Waals surface area contributed by atoms with E-state index >= 15 is 4.39 Å². The van der Waals surface area contributed by atoms with Crippen LogP contribution in [0.5, 0.6) is 0 Å². The van der Waals surface area contributed by atoms with Gasteiger partial charge in [0.1, 0.15) is 17.9 Å². The number of H-pyrrole nitrogens is 1. The second-order valence-electron chi connectivity index (χ2n) is 10.3. The van der Waals surface area contributed by atoms with Crippen molar-refractivity contribution in [1.29, 1.82) is 0 Å². The molecule has 3 aromatic rings. The summed E-state index contributed by atoms with van der Waals surface area (Å²) in [7, 11) is 0. The molecule has 0 radical (unpaired) electrons. The van der Waals surface area contributed by atoms with Gasteiger partial charge in [0.2, 0.25) is 5.92 Å². The molecular formula is C28H30F3N3O5. The molecule has 1 aromatic heterocycles. The van der Waals surface area contributed by atoms with Crippen LogP contribution in [-0.4, -0.2) is 46.3 Å². The van der Waals surface area contributed by atoms with E-state index in [9.17, 15) is 23.5 Å². The Bertz CT molecular complexity index is 1330. The molecule has 1 atom stereocenters. The van der Waals surface area contributed by atoms with Gasteiger partial charge in [-0.1, -0.05) is 36.4 Å². The average Bonchev–Trinajstić information content (AvgIpc) is 3.37. The maximum atomic E-state index is 15.9. The number of amides is 1. The molecule has 1 aliphatic carbocycles. The number of benzene rings is 2. The quantitative estimate of drug-likeness (QED) is 0.355. The summed E-state index contributed by atoms with van der Waals surface area (Å²) in [6, 6.07) is 11.2. The number of aromatic amines is 1. The van der Waals surface area contributed by atoms with Gasteiger partial charge in [0.25, 0.3) is 0 Å². The fourth-order valence-electron chi connectivity index (χ4n) is 5.59. The summed E-state index contributed by atoms with van der Waals surface area (Å²) in [4.78, 5) is 32.5. The van der Waals surface area contributed by atoms with Gasteiger partial charge in [0.15, 0.2) is 5.82 Å². The summed E-state index contributed by atoms with van der Waals surface area (Å²) in [5.41, 5.74) is -0.401. The van der Waals surface area contributed by atoms with E-state index < -0.39 is 41.2 Å². The summed E-state index contributed by atoms with van der Waals surface area (Å²) in [5, 5.41) is 12.8. The second-order valence-corrected chi connectivity index (χ2v) is 10.3. The predicted molar refractivity (Wildman–Crippen MR) is 135 cm³/mol. The number of imidazole rings is 1. The van der Waals surface area contributed by atoms with Gasteiger partial charge in [-0.15, -0.1) is 0 Å².